The number of para-hydroxylation sites is 1. The molecule has 2 unspecified atom stereocenters. The molecule has 4 aromatic rings. The van der Waals surface area contributed by atoms with E-state index in [1.807, 2.05) is 60.7 Å². The number of ether oxygens (including phenoxy) is 1. The fraction of sp³-hybridized carbons (Fsp3) is 0.0952. The van der Waals surface area contributed by atoms with Gasteiger partial charge in [0.25, 0.3) is 0 Å². The lowest BCUT2D eigenvalue weighted by Gasteiger charge is -1.99. The Morgan fingerprint density at radius 3 is 2.69 bits per heavy atom. The minimum absolute atomic E-state index is 0.0388. The monoisotopic (exact) mass is 363 g/mol. The maximum Gasteiger partial charge on any atom is 0.196 e. The van der Waals surface area contributed by atoms with E-state index in [0.717, 1.165) is 16.5 Å². The van der Waals surface area contributed by atoms with Crippen molar-refractivity contribution in [2.45, 2.75) is 12.2 Å². The maximum absolute atomic E-state index is 12.8. The highest BCUT2D eigenvalue weighted by Gasteiger charge is 2.48. The Morgan fingerprint density at radius 1 is 1.00 bits per heavy atom. The van der Waals surface area contributed by atoms with Crippen LogP contribution >= 0.6 is 11.6 Å². The molecule has 5 heteroatoms. The molecular formula is C21H14ClNO3. The number of ketones is 1. The Bertz CT molecular complexity index is 1130. The van der Waals surface area contributed by atoms with Gasteiger partial charge in [-0.2, -0.15) is 0 Å². The first kappa shape index (κ1) is 15.4. The van der Waals surface area contributed by atoms with Gasteiger partial charge >= 0.3 is 0 Å². The second-order valence-corrected chi connectivity index (χ2v) is 6.68. The number of furan rings is 1. The van der Waals surface area contributed by atoms with E-state index in [-0.39, 0.29) is 11.9 Å². The first-order valence-electron chi connectivity index (χ1n) is 8.33. The number of carbonyl (C=O) groups excluding carboxylic acids is 1. The summed E-state index contributed by atoms with van der Waals surface area (Å²) in [5, 5.41) is 1.53. The lowest BCUT2D eigenvalue weighted by Crippen LogP contribution is -2.07. The van der Waals surface area contributed by atoms with Gasteiger partial charge in [0.05, 0.1) is 5.02 Å². The van der Waals surface area contributed by atoms with Crippen LogP contribution in [-0.4, -0.2) is 16.9 Å². The molecule has 1 saturated heterocycles. The Labute approximate surface area is 154 Å². The summed E-state index contributed by atoms with van der Waals surface area (Å²) in [5.41, 5.74) is 2.40. The molecule has 2 aromatic heterocycles. The molecule has 0 spiro atoms. The smallest absolute Gasteiger partial charge is 0.196 e. The van der Waals surface area contributed by atoms with Crippen molar-refractivity contribution in [2.75, 3.05) is 0 Å². The number of halogens is 1. The van der Waals surface area contributed by atoms with E-state index in [4.69, 9.17) is 20.8 Å². The largest absolute Gasteiger partial charge is 0.458 e. The molecule has 2 aromatic carbocycles. The van der Waals surface area contributed by atoms with Crippen molar-refractivity contribution < 1.29 is 13.9 Å². The minimum Gasteiger partial charge on any atom is -0.458 e. The predicted molar refractivity (Wildman–Crippen MR) is 99.4 cm³/mol. The topological polar surface area (TPSA) is 58.5 Å². The van der Waals surface area contributed by atoms with Crippen LogP contribution in [0, 0.1) is 0 Å². The molecule has 1 aliphatic rings. The van der Waals surface area contributed by atoms with Crippen LogP contribution in [0.4, 0.5) is 0 Å². The van der Waals surface area contributed by atoms with Crippen LogP contribution in [0.3, 0.4) is 0 Å². The highest BCUT2D eigenvalue weighted by atomic mass is 35.5. The van der Waals surface area contributed by atoms with Gasteiger partial charge in [0.1, 0.15) is 17.6 Å². The summed E-state index contributed by atoms with van der Waals surface area (Å²) in [6.45, 7) is 0. The van der Waals surface area contributed by atoms with Crippen LogP contribution in [0.2, 0.25) is 5.02 Å². The third-order valence-corrected chi connectivity index (χ3v) is 4.98. The quantitative estimate of drug-likeness (QED) is 0.390. The van der Waals surface area contributed by atoms with Gasteiger partial charge in [0, 0.05) is 28.2 Å². The number of nitrogens with one attached hydrogen (secondary N) is 1. The zero-order valence-corrected chi connectivity index (χ0v) is 14.4. The van der Waals surface area contributed by atoms with Gasteiger partial charge in [0.2, 0.25) is 0 Å². The molecule has 3 heterocycles. The van der Waals surface area contributed by atoms with Gasteiger partial charge in [0.15, 0.2) is 11.9 Å². The molecule has 4 nitrogen and oxygen atoms in total. The summed E-state index contributed by atoms with van der Waals surface area (Å²) in [4.78, 5) is 15.9. The van der Waals surface area contributed by atoms with Gasteiger partial charge in [-0.25, -0.2) is 0 Å². The number of epoxide rings is 1. The standard InChI is InChI=1S/C21H14ClNO3/c22-15-7-3-1-6-13(15)17-9-10-18(25-17)20-21(26-20)19(24)14-11-23-16-8-4-2-5-12(14)16/h1-11,20-21,23H. The van der Waals surface area contributed by atoms with Crippen molar-refractivity contribution in [3.05, 3.63) is 83.2 Å². The first-order chi connectivity index (χ1) is 12.7. The number of H-pyrrole nitrogens is 1. The molecule has 1 N–H and O–H groups in total. The van der Waals surface area contributed by atoms with Gasteiger partial charge in [-0.3, -0.25) is 4.79 Å². The number of aromatic amines is 1. The number of aromatic nitrogens is 1. The Hall–Kier alpha value is -2.82. The number of carbonyl (C=O) groups is 1. The fourth-order valence-corrected chi connectivity index (χ4v) is 3.50. The van der Waals surface area contributed by atoms with Crippen LogP contribution in [0.25, 0.3) is 22.2 Å². The van der Waals surface area contributed by atoms with E-state index < -0.39 is 6.10 Å². The molecule has 0 amide bonds. The van der Waals surface area contributed by atoms with Crippen LogP contribution in [-0.2, 0) is 4.74 Å². The molecule has 26 heavy (non-hydrogen) atoms. The summed E-state index contributed by atoms with van der Waals surface area (Å²) in [6.07, 6.45) is 0.870. The Morgan fingerprint density at radius 2 is 1.81 bits per heavy atom. The van der Waals surface area contributed by atoms with Crippen LogP contribution in [0.1, 0.15) is 22.2 Å². The average molecular weight is 364 g/mol. The fourth-order valence-electron chi connectivity index (χ4n) is 3.27. The van der Waals surface area contributed by atoms with Gasteiger partial charge < -0.3 is 14.1 Å². The molecule has 0 aliphatic carbocycles. The van der Waals surface area contributed by atoms with Crippen molar-refractivity contribution >= 4 is 28.3 Å². The van der Waals surface area contributed by atoms with Gasteiger partial charge in [-0.05, 0) is 30.3 Å². The highest BCUT2D eigenvalue weighted by Crippen LogP contribution is 2.43. The number of benzene rings is 2. The molecule has 0 radical (unpaired) electrons. The van der Waals surface area contributed by atoms with E-state index in [9.17, 15) is 4.79 Å². The summed E-state index contributed by atoms with van der Waals surface area (Å²) in [6, 6.07) is 18.9. The molecule has 1 aliphatic heterocycles. The first-order valence-corrected chi connectivity index (χ1v) is 8.70. The van der Waals surface area contributed by atoms with Crippen molar-refractivity contribution in [3.8, 4) is 11.3 Å². The number of hydrogen-bond acceptors (Lipinski definition) is 3. The second-order valence-electron chi connectivity index (χ2n) is 6.27. The van der Waals surface area contributed by atoms with E-state index in [2.05, 4.69) is 4.98 Å². The third kappa shape index (κ3) is 2.46. The maximum atomic E-state index is 12.8. The SMILES string of the molecule is O=C(c1c[nH]c2ccccc12)C1OC1c1ccc(-c2ccccc2Cl)o1. The van der Waals surface area contributed by atoms with Crippen LogP contribution in [0.5, 0.6) is 0 Å². The molecule has 0 bridgehead atoms. The molecule has 128 valence electrons. The Kier molecular flexibility index (Phi) is 3.48. The summed E-state index contributed by atoms with van der Waals surface area (Å²) in [5.74, 6) is 1.26. The number of Topliss-reactive ketones (excluding diaryl/α,β-unsaturated/α-hetero) is 1. The molecule has 0 saturated carbocycles. The third-order valence-electron chi connectivity index (χ3n) is 4.65. The summed E-state index contributed by atoms with van der Waals surface area (Å²) < 4.78 is 11.5. The van der Waals surface area contributed by atoms with E-state index in [1.54, 1.807) is 6.20 Å². The van der Waals surface area contributed by atoms with Crippen molar-refractivity contribution in [1.29, 1.82) is 0 Å². The van der Waals surface area contributed by atoms with Crippen molar-refractivity contribution in [3.63, 3.8) is 0 Å². The summed E-state index contributed by atoms with van der Waals surface area (Å²) >= 11 is 6.22. The lowest BCUT2D eigenvalue weighted by atomic mass is 10.0. The minimum atomic E-state index is -0.514. The van der Waals surface area contributed by atoms with Crippen molar-refractivity contribution in [1.82, 2.24) is 4.98 Å². The molecule has 1 fully saturated rings. The van der Waals surface area contributed by atoms with E-state index >= 15 is 0 Å². The normalized spacial score (nSPS) is 19.0. The molecule has 2 atom stereocenters. The lowest BCUT2D eigenvalue weighted by molar-refractivity contribution is 0.0955. The van der Waals surface area contributed by atoms with Crippen LogP contribution < -0.4 is 0 Å². The second kappa shape index (κ2) is 5.87. The number of rotatable bonds is 4. The van der Waals surface area contributed by atoms with Crippen molar-refractivity contribution in [2.24, 2.45) is 0 Å². The summed E-state index contributed by atoms with van der Waals surface area (Å²) in [7, 11) is 0. The highest BCUT2D eigenvalue weighted by molar-refractivity contribution is 6.33. The van der Waals surface area contributed by atoms with Gasteiger partial charge in [-0.1, -0.05) is 41.9 Å². The predicted octanol–water partition coefficient (Wildman–Crippen LogP) is 5.40. The zero-order chi connectivity index (χ0) is 17.7. The molecular weight excluding hydrogens is 350 g/mol. The number of hydrogen-bond donors (Lipinski definition) is 1. The van der Waals surface area contributed by atoms with E-state index in [0.29, 0.717) is 22.1 Å². The molecule has 5 rings (SSSR count). The van der Waals surface area contributed by atoms with Crippen LogP contribution in [0.15, 0.2) is 71.3 Å². The van der Waals surface area contributed by atoms with E-state index in [1.165, 1.54) is 0 Å². The Balaban J connectivity index is 1.39. The average Bonchev–Trinajstić information content (AvgIpc) is 3.12. The van der Waals surface area contributed by atoms with Gasteiger partial charge in [-0.15, -0.1) is 0 Å². The number of fused-ring (bicyclic) bond motifs is 1. The zero-order valence-electron chi connectivity index (χ0n) is 13.6.